The van der Waals surface area contributed by atoms with Crippen molar-refractivity contribution < 1.29 is 9.53 Å². The zero-order valence-corrected chi connectivity index (χ0v) is 8.65. The zero-order chi connectivity index (χ0) is 10.7. The van der Waals surface area contributed by atoms with Crippen LogP contribution in [0.15, 0.2) is 6.07 Å². The first kappa shape index (κ1) is 10.7. The Morgan fingerprint density at radius 1 is 1.79 bits per heavy atom. The normalized spacial score (nSPS) is 12.6. The molecule has 0 aliphatic carbocycles. The third-order valence-corrected chi connectivity index (χ3v) is 1.90. The van der Waals surface area contributed by atoms with Gasteiger partial charge in [0, 0.05) is 25.2 Å². The van der Waals surface area contributed by atoms with Crippen LogP contribution in [0.5, 0.6) is 0 Å². The molecule has 1 heterocycles. The summed E-state index contributed by atoms with van der Waals surface area (Å²) in [5.41, 5.74) is 6.91. The number of methoxy groups -OCH3 is 1. The van der Waals surface area contributed by atoms with Crippen molar-refractivity contribution in [2.24, 2.45) is 12.8 Å². The standard InChI is InChI=1S/C9H15N3O2/c1-6(10)4-7-5-8(9(13)14-3)11-12(7)2/h5-6H,4,10H2,1-3H3/t6-/m0/s1. The van der Waals surface area contributed by atoms with Gasteiger partial charge in [0.2, 0.25) is 0 Å². The smallest absolute Gasteiger partial charge is 0.358 e. The predicted molar refractivity (Wildman–Crippen MR) is 51.9 cm³/mol. The fourth-order valence-corrected chi connectivity index (χ4v) is 1.23. The predicted octanol–water partition coefficient (Wildman–Crippen LogP) is 0.0964. The molecular formula is C9H15N3O2. The Hall–Kier alpha value is -1.36. The van der Waals surface area contributed by atoms with Crippen molar-refractivity contribution in [3.63, 3.8) is 0 Å². The minimum Gasteiger partial charge on any atom is -0.464 e. The maximum absolute atomic E-state index is 11.1. The van der Waals surface area contributed by atoms with Crippen LogP contribution in [0.4, 0.5) is 0 Å². The first-order chi connectivity index (χ1) is 6.54. The molecule has 5 nitrogen and oxygen atoms in total. The highest BCUT2D eigenvalue weighted by Crippen LogP contribution is 2.06. The van der Waals surface area contributed by atoms with Gasteiger partial charge in [-0.25, -0.2) is 4.79 Å². The minimum atomic E-state index is -0.420. The molecule has 78 valence electrons. The molecular weight excluding hydrogens is 182 g/mol. The number of nitrogens with two attached hydrogens (primary N) is 1. The first-order valence-electron chi connectivity index (χ1n) is 4.41. The molecule has 0 bridgehead atoms. The topological polar surface area (TPSA) is 70.1 Å². The molecule has 0 amide bonds. The molecule has 0 unspecified atom stereocenters. The number of nitrogens with zero attached hydrogens (tertiary/aromatic N) is 2. The Labute approximate surface area is 82.8 Å². The van der Waals surface area contributed by atoms with Gasteiger partial charge in [0.1, 0.15) is 0 Å². The summed E-state index contributed by atoms with van der Waals surface area (Å²) in [6.07, 6.45) is 0.695. The summed E-state index contributed by atoms with van der Waals surface area (Å²) in [4.78, 5) is 11.1. The van der Waals surface area contributed by atoms with E-state index in [0.717, 1.165) is 5.69 Å². The van der Waals surface area contributed by atoms with Crippen LogP contribution in [0.3, 0.4) is 0 Å². The number of aromatic nitrogens is 2. The molecule has 1 rings (SSSR count). The fourth-order valence-electron chi connectivity index (χ4n) is 1.23. The van der Waals surface area contributed by atoms with Crippen molar-refractivity contribution in [1.82, 2.24) is 9.78 Å². The van der Waals surface area contributed by atoms with E-state index in [9.17, 15) is 4.79 Å². The molecule has 1 aromatic rings. The molecule has 0 fully saturated rings. The summed E-state index contributed by atoms with van der Waals surface area (Å²) < 4.78 is 6.21. The van der Waals surface area contributed by atoms with Gasteiger partial charge in [-0.2, -0.15) is 5.10 Å². The Morgan fingerprint density at radius 3 is 2.93 bits per heavy atom. The molecule has 0 saturated carbocycles. The summed E-state index contributed by atoms with van der Waals surface area (Å²) in [7, 11) is 3.12. The molecule has 1 aromatic heterocycles. The third-order valence-electron chi connectivity index (χ3n) is 1.90. The van der Waals surface area contributed by atoms with Crippen LogP contribution >= 0.6 is 0 Å². The van der Waals surface area contributed by atoms with Crippen LogP contribution in [0.1, 0.15) is 23.1 Å². The Morgan fingerprint density at radius 2 is 2.43 bits per heavy atom. The lowest BCUT2D eigenvalue weighted by molar-refractivity contribution is 0.0593. The van der Waals surface area contributed by atoms with E-state index in [-0.39, 0.29) is 6.04 Å². The van der Waals surface area contributed by atoms with Gasteiger partial charge in [0.05, 0.1) is 7.11 Å². The van der Waals surface area contributed by atoms with Crippen LogP contribution in [-0.4, -0.2) is 28.9 Å². The molecule has 14 heavy (non-hydrogen) atoms. The number of carbonyl (C=O) groups excluding carboxylic acids is 1. The maximum atomic E-state index is 11.1. The Balaban J connectivity index is 2.87. The van der Waals surface area contributed by atoms with Gasteiger partial charge in [-0.1, -0.05) is 0 Å². The maximum Gasteiger partial charge on any atom is 0.358 e. The SMILES string of the molecule is COC(=O)c1cc(C[C@H](C)N)n(C)n1. The lowest BCUT2D eigenvalue weighted by atomic mass is 10.2. The summed E-state index contributed by atoms with van der Waals surface area (Å²) in [5.74, 6) is -0.420. The zero-order valence-electron chi connectivity index (χ0n) is 8.65. The average molecular weight is 197 g/mol. The van der Waals surface area contributed by atoms with E-state index in [1.807, 2.05) is 6.92 Å². The Bertz CT molecular complexity index is 331. The van der Waals surface area contributed by atoms with Gasteiger partial charge in [-0.3, -0.25) is 4.68 Å². The monoisotopic (exact) mass is 197 g/mol. The largest absolute Gasteiger partial charge is 0.464 e. The summed E-state index contributed by atoms with van der Waals surface area (Å²) in [6, 6.07) is 1.76. The van der Waals surface area contributed by atoms with Crippen molar-refractivity contribution in [1.29, 1.82) is 0 Å². The molecule has 0 aromatic carbocycles. The van der Waals surface area contributed by atoms with Gasteiger partial charge in [-0.15, -0.1) is 0 Å². The Kier molecular flexibility index (Phi) is 3.24. The second-order valence-electron chi connectivity index (χ2n) is 3.32. The second-order valence-corrected chi connectivity index (χ2v) is 3.32. The summed E-state index contributed by atoms with van der Waals surface area (Å²) in [5, 5.41) is 4.02. The lowest BCUT2D eigenvalue weighted by Gasteiger charge is -2.03. The fraction of sp³-hybridized carbons (Fsp3) is 0.556. The molecule has 0 radical (unpaired) electrons. The molecule has 0 aliphatic heterocycles. The van der Waals surface area contributed by atoms with E-state index >= 15 is 0 Å². The minimum absolute atomic E-state index is 0.0518. The van der Waals surface area contributed by atoms with Crippen molar-refractivity contribution in [2.45, 2.75) is 19.4 Å². The van der Waals surface area contributed by atoms with Crippen LogP contribution in [0.2, 0.25) is 0 Å². The highest BCUT2D eigenvalue weighted by Gasteiger charge is 2.13. The average Bonchev–Trinajstić information content (AvgIpc) is 2.46. The first-order valence-corrected chi connectivity index (χ1v) is 4.41. The highest BCUT2D eigenvalue weighted by molar-refractivity contribution is 5.87. The van der Waals surface area contributed by atoms with Crippen LogP contribution in [0, 0.1) is 0 Å². The number of ether oxygens (including phenoxy) is 1. The highest BCUT2D eigenvalue weighted by atomic mass is 16.5. The van der Waals surface area contributed by atoms with E-state index in [1.54, 1.807) is 17.8 Å². The summed E-state index contributed by atoms with van der Waals surface area (Å²) in [6.45, 7) is 1.91. The van der Waals surface area contributed by atoms with Crippen molar-refractivity contribution in [3.8, 4) is 0 Å². The van der Waals surface area contributed by atoms with E-state index in [0.29, 0.717) is 12.1 Å². The molecule has 0 aliphatic rings. The van der Waals surface area contributed by atoms with Gasteiger partial charge >= 0.3 is 5.97 Å². The molecule has 0 spiro atoms. The van der Waals surface area contributed by atoms with Crippen molar-refractivity contribution in [3.05, 3.63) is 17.5 Å². The van der Waals surface area contributed by atoms with Crippen LogP contribution < -0.4 is 5.73 Å². The third kappa shape index (κ3) is 2.32. The van der Waals surface area contributed by atoms with Gasteiger partial charge in [-0.05, 0) is 13.0 Å². The van der Waals surface area contributed by atoms with Gasteiger partial charge in [0.25, 0.3) is 0 Å². The number of rotatable bonds is 3. The second kappa shape index (κ2) is 4.23. The van der Waals surface area contributed by atoms with Crippen LogP contribution in [0.25, 0.3) is 0 Å². The van der Waals surface area contributed by atoms with Gasteiger partial charge < -0.3 is 10.5 Å². The molecule has 2 N–H and O–H groups in total. The quantitative estimate of drug-likeness (QED) is 0.697. The van der Waals surface area contributed by atoms with E-state index < -0.39 is 5.97 Å². The number of hydrogen-bond acceptors (Lipinski definition) is 4. The van der Waals surface area contributed by atoms with E-state index in [4.69, 9.17) is 5.73 Å². The number of hydrogen-bond donors (Lipinski definition) is 1. The van der Waals surface area contributed by atoms with E-state index in [2.05, 4.69) is 9.84 Å². The molecule has 1 atom stereocenters. The molecule has 0 saturated heterocycles. The summed E-state index contributed by atoms with van der Waals surface area (Å²) >= 11 is 0. The number of carbonyl (C=O) groups is 1. The van der Waals surface area contributed by atoms with Crippen molar-refractivity contribution >= 4 is 5.97 Å². The van der Waals surface area contributed by atoms with Crippen molar-refractivity contribution in [2.75, 3.05) is 7.11 Å². The van der Waals surface area contributed by atoms with E-state index in [1.165, 1.54) is 7.11 Å². The number of aryl methyl sites for hydroxylation is 1. The number of esters is 1. The van der Waals surface area contributed by atoms with Gasteiger partial charge in [0.15, 0.2) is 5.69 Å². The lowest BCUT2D eigenvalue weighted by Crippen LogP contribution is -2.19. The van der Waals surface area contributed by atoms with Crippen LogP contribution in [-0.2, 0) is 18.2 Å². The molecule has 5 heteroatoms.